The molecule has 1 rings (SSSR count). The fourth-order valence-corrected chi connectivity index (χ4v) is 0.953. The number of hydrogen-bond donors (Lipinski definition) is 0. The van der Waals surface area contributed by atoms with Gasteiger partial charge in [-0.3, -0.25) is 0 Å². The predicted octanol–water partition coefficient (Wildman–Crippen LogP) is 2.51. The van der Waals surface area contributed by atoms with E-state index in [9.17, 15) is 0 Å². The number of rotatable bonds is 2. The van der Waals surface area contributed by atoms with E-state index in [4.69, 9.17) is 4.84 Å². The third-order valence-electron chi connectivity index (χ3n) is 1.49. The van der Waals surface area contributed by atoms with Crippen molar-refractivity contribution in [3.63, 3.8) is 0 Å². The Morgan fingerprint density at radius 2 is 2.36 bits per heavy atom. The van der Waals surface area contributed by atoms with Crippen LogP contribution in [0.25, 0.3) is 0 Å². The molecule has 0 saturated heterocycles. The summed E-state index contributed by atoms with van der Waals surface area (Å²) in [6, 6.07) is 0. The summed E-state index contributed by atoms with van der Waals surface area (Å²) in [4.78, 5) is 5.12. The molecule has 0 aliphatic heterocycles. The van der Waals surface area contributed by atoms with Gasteiger partial charge in [0.25, 0.3) is 0 Å². The van der Waals surface area contributed by atoms with Gasteiger partial charge in [-0.05, 0) is 39.2 Å². The normalized spacial score (nSPS) is 21.2. The highest BCUT2D eigenvalue weighted by atomic mass is 16.6. The minimum atomic E-state index is 0.192. The van der Waals surface area contributed by atoms with Crippen LogP contribution in [0.2, 0.25) is 0 Å². The van der Waals surface area contributed by atoms with Crippen molar-refractivity contribution in [2.24, 2.45) is 5.16 Å². The molecule has 0 spiro atoms. The second-order valence-electron chi connectivity index (χ2n) is 3.03. The molecule has 2 nitrogen and oxygen atoms in total. The molecule has 0 N–H and O–H groups in total. The SMILES string of the molecule is CC(C)O/N=C1/C=CCCC1. The van der Waals surface area contributed by atoms with Crippen molar-refractivity contribution in [2.75, 3.05) is 0 Å². The van der Waals surface area contributed by atoms with Gasteiger partial charge in [0.15, 0.2) is 0 Å². The number of nitrogens with zero attached hydrogens (tertiary/aromatic N) is 1. The van der Waals surface area contributed by atoms with E-state index in [1.54, 1.807) is 0 Å². The van der Waals surface area contributed by atoms with Gasteiger partial charge in [-0.15, -0.1) is 0 Å². The van der Waals surface area contributed by atoms with Gasteiger partial charge in [-0.25, -0.2) is 0 Å². The summed E-state index contributed by atoms with van der Waals surface area (Å²) in [5.41, 5.74) is 1.07. The van der Waals surface area contributed by atoms with E-state index in [-0.39, 0.29) is 6.10 Å². The maximum atomic E-state index is 5.12. The average Bonchev–Trinajstić information content (AvgIpc) is 2.03. The lowest BCUT2D eigenvalue weighted by atomic mass is 10.1. The van der Waals surface area contributed by atoms with Crippen LogP contribution in [0.3, 0.4) is 0 Å². The monoisotopic (exact) mass is 153 g/mol. The Kier molecular flexibility index (Phi) is 3.14. The van der Waals surface area contributed by atoms with Gasteiger partial charge in [-0.2, -0.15) is 0 Å². The van der Waals surface area contributed by atoms with E-state index in [0.29, 0.717) is 0 Å². The van der Waals surface area contributed by atoms with Crippen molar-refractivity contribution in [2.45, 2.75) is 39.2 Å². The summed E-state index contributed by atoms with van der Waals surface area (Å²) < 4.78 is 0. The molecule has 0 amide bonds. The quantitative estimate of drug-likeness (QED) is 0.558. The molecule has 2 heteroatoms. The Balaban J connectivity index is 2.38. The Morgan fingerprint density at radius 3 is 2.91 bits per heavy atom. The van der Waals surface area contributed by atoms with Crippen LogP contribution in [0.5, 0.6) is 0 Å². The zero-order valence-electron chi connectivity index (χ0n) is 7.21. The van der Waals surface area contributed by atoms with Crippen LogP contribution in [0.15, 0.2) is 17.3 Å². The van der Waals surface area contributed by atoms with Gasteiger partial charge in [0.1, 0.15) is 6.10 Å². The van der Waals surface area contributed by atoms with Crippen molar-refractivity contribution >= 4 is 5.71 Å². The molecule has 1 aliphatic carbocycles. The molecule has 62 valence electrons. The summed E-state index contributed by atoms with van der Waals surface area (Å²) in [6.07, 6.45) is 7.83. The molecule has 0 radical (unpaired) electrons. The van der Waals surface area contributed by atoms with E-state index in [2.05, 4.69) is 11.2 Å². The smallest absolute Gasteiger partial charge is 0.122 e. The fraction of sp³-hybridized carbons (Fsp3) is 0.667. The van der Waals surface area contributed by atoms with Gasteiger partial charge >= 0.3 is 0 Å². The second kappa shape index (κ2) is 4.16. The first kappa shape index (κ1) is 8.31. The van der Waals surface area contributed by atoms with Crippen LogP contribution in [0, 0.1) is 0 Å². The fourth-order valence-electron chi connectivity index (χ4n) is 0.953. The van der Waals surface area contributed by atoms with Crippen LogP contribution in [-0.4, -0.2) is 11.8 Å². The molecule has 0 heterocycles. The molecular weight excluding hydrogens is 138 g/mol. The molecule has 0 fully saturated rings. The first-order valence-electron chi connectivity index (χ1n) is 4.18. The Hall–Kier alpha value is -0.790. The van der Waals surface area contributed by atoms with Gasteiger partial charge in [0.05, 0.1) is 5.71 Å². The molecular formula is C9H15NO. The molecule has 0 aromatic carbocycles. The molecule has 0 unspecified atom stereocenters. The molecule has 0 aromatic heterocycles. The minimum Gasteiger partial charge on any atom is -0.393 e. The number of allylic oxidation sites excluding steroid dienone is 2. The van der Waals surface area contributed by atoms with Crippen molar-refractivity contribution in [3.05, 3.63) is 12.2 Å². The van der Waals surface area contributed by atoms with Crippen LogP contribution < -0.4 is 0 Å². The average molecular weight is 153 g/mol. The predicted molar refractivity (Wildman–Crippen MR) is 46.6 cm³/mol. The Bertz CT molecular complexity index is 170. The number of oxime groups is 1. The van der Waals surface area contributed by atoms with Gasteiger partial charge < -0.3 is 4.84 Å². The first-order chi connectivity index (χ1) is 5.29. The zero-order chi connectivity index (χ0) is 8.10. The lowest BCUT2D eigenvalue weighted by molar-refractivity contribution is 0.0856. The molecule has 11 heavy (non-hydrogen) atoms. The largest absolute Gasteiger partial charge is 0.393 e. The summed E-state index contributed by atoms with van der Waals surface area (Å²) >= 11 is 0. The molecule has 0 aromatic rings. The lowest BCUT2D eigenvalue weighted by Gasteiger charge is -2.07. The van der Waals surface area contributed by atoms with Gasteiger partial charge in [-0.1, -0.05) is 11.2 Å². The highest BCUT2D eigenvalue weighted by molar-refractivity contribution is 5.95. The summed E-state index contributed by atoms with van der Waals surface area (Å²) in [5, 5.41) is 4.01. The van der Waals surface area contributed by atoms with Crippen LogP contribution in [-0.2, 0) is 4.84 Å². The van der Waals surface area contributed by atoms with Crippen molar-refractivity contribution in [3.8, 4) is 0 Å². The zero-order valence-corrected chi connectivity index (χ0v) is 7.21. The Labute approximate surface area is 67.9 Å². The van der Waals surface area contributed by atoms with Gasteiger partial charge in [0, 0.05) is 0 Å². The minimum absolute atomic E-state index is 0.192. The molecule has 0 saturated carbocycles. The molecule has 1 aliphatic rings. The Morgan fingerprint density at radius 1 is 1.55 bits per heavy atom. The second-order valence-corrected chi connectivity index (χ2v) is 3.03. The van der Waals surface area contributed by atoms with Crippen molar-refractivity contribution < 1.29 is 4.84 Å². The highest BCUT2D eigenvalue weighted by Crippen LogP contribution is 2.07. The van der Waals surface area contributed by atoms with Crippen molar-refractivity contribution in [1.29, 1.82) is 0 Å². The third-order valence-corrected chi connectivity index (χ3v) is 1.49. The standard InChI is InChI=1S/C9H15NO/c1-8(2)11-10-9-6-4-3-5-7-9/h4,6,8H,3,5,7H2,1-2H3/b10-9-. The third kappa shape index (κ3) is 3.21. The molecule has 0 bridgehead atoms. The summed E-state index contributed by atoms with van der Waals surface area (Å²) in [5.74, 6) is 0. The maximum absolute atomic E-state index is 5.12. The maximum Gasteiger partial charge on any atom is 0.122 e. The highest BCUT2D eigenvalue weighted by Gasteiger charge is 2.00. The van der Waals surface area contributed by atoms with Crippen LogP contribution in [0.4, 0.5) is 0 Å². The first-order valence-corrected chi connectivity index (χ1v) is 4.18. The van der Waals surface area contributed by atoms with E-state index < -0.39 is 0 Å². The summed E-state index contributed by atoms with van der Waals surface area (Å²) in [7, 11) is 0. The number of hydrogen-bond acceptors (Lipinski definition) is 2. The van der Waals surface area contributed by atoms with Crippen LogP contribution in [0.1, 0.15) is 33.1 Å². The van der Waals surface area contributed by atoms with E-state index in [1.807, 2.05) is 19.9 Å². The van der Waals surface area contributed by atoms with Crippen LogP contribution >= 0.6 is 0 Å². The van der Waals surface area contributed by atoms with Crippen molar-refractivity contribution in [1.82, 2.24) is 0 Å². The lowest BCUT2D eigenvalue weighted by Crippen LogP contribution is -2.03. The van der Waals surface area contributed by atoms with E-state index in [1.165, 1.54) is 12.8 Å². The van der Waals surface area contributed by atoms with Gasteiger partial charge in [0.2, 0.25) is 0 Å². The van der Waals surface area contributed by atoms with E-state index in [0.717, 1.165) is 12.1 Å². The molecule has 0 atom stereocenters. The topological polar surface area (TPSA) is 21.6 Å². The summed E-state index contributed by atoms with van der Waals surface area (Å²) in [6.45, 7) is 3.97. The van der Waals surface area contributed by atoms with E-state index >= 15 is 0 Å².